The van der Waals surface area contributed by atoms with Gasteiger partial charge >= 0.3 is 5.97 Å². The van der Waals surface area contributed by atoms with Gasteiger partial charge in [0.15, 0.2) is 0 Å². The number of allylic oxidation sites excluding steroid dienone is 4. The number of carbonyl (C=O) groups is 13. The first-order chi connectivity index (χ1) is 51.0. The van der Waals surface area contributed by atoms with Gasteiger partial charge in [-0.1, -0.05) is 96.9 Å². The molecule has 12 amide bonds. The number of esters is 1. The van der Waals surface area contributed by atoms with Crippen molar-refractivity contribution >= 4 is 88.5 Å². The number of aliphatic hydroxyl groups is 5. The highest BCUT2D eigenvalue weighted by molar-refractivity contribution is 6.21. The van der Waals surface area contributed by atoms with Crippen molar-refractivity contribution in [2.75, 3.05) is 47.5 Å². The summed E-state index contributed by atoms with van der Waals surface area (Å²) in [6, 6.07) is -10.4. The van der Waals surface area contributed by atoms with Gasteiger partial charge in [0.25, 0.3) is 5.91 Å². The van der Waals surface area contributed by atoms with Gasteiger partial charge in [0.1, 0.15) is 90.3 Å². The fraction of sp³-hybridized carbons (Fsp3) is 0.653. The third-order valence-electron chi connectivity index (χ3n) is 19.3. The van der Waals surface area contributed by atoms with Gasteiger partial charge in [-0.25, -0.2) is 4.79 Å². The highest BCUT2D eigenvalue weighted by Gasteiger charge is 2.49. The van der Waals surface area contributed by atoms with Crippen LogP contribution >= 0.6 is 11.6 Å². The first-order valence-electron chi connectivity index (χ1n) is 36.1. The number of alkyl halides is 1. The second-order valence-electron chi connectivity index (χ2n) is 28.2. The summed E-state index contributed by atoms with van der Waals surface area (Å²) in [5.74, 6) is -18.3. The van der Waals surface area contributed by atoms with Crippen molar-refractivity contribution in [3.05, 3.63) is 65.4 Å². The fourth-order valence-corrected chi connectivity index (χ4v) is 12.4. The molecule has 610 valence electrons. The van der Waals surface area contributed by atoms with Gasteiger partial charge in [-0.2, -0.15) is 0 Å². The molecule has 18 N–H and O–H groups in total. The molecule has 3 fully saturated rings. The Morgan fingerprint density at radius 3 is 2.03 bits per heavy atom. The maximum absolute atomic E-state index is 15.7. The molecule has 0 saturated carbocycles. The second-order valence-corrected chi connectivity index (χ2v) is 28.8. The number of nitrogens with zero attached hydrogens (tertiary/aromatic N) is 2. The molecule has 4 rings (SSSR count). The Labute approximate surface area is 639 Å². The molecule has 0 aromatic heterocycles. The minimum absolute atomic E-state index is 0.00852. The highest BCUT2D eigenvalue weighted by atomic mass is 35.5. The Kier molecular flexibility index (Phi) is 36.6. The molecule has 1 aromatic rings. The summed E-state index contributed by atoms with van der Waals surface area (Å²) in [6.45, 7) is 16.9. The lowest BCUT2D eigenvalue weighted by atomic mass is 9.87. The van der Waals surface area contributed by atoms with E-state index in [2.05, 4.69) is 47.9 Å². The second kappa shape index (κ2) is 43.0. The minimum atomic E-state index is -2.16. The van der Waals surface area contributed by atoms with Crippen molar-refractivity contribution in [1.82, 2.24) is 57.7 Å². The quantitative estimate of drug-likeness (QED) is 0.0167. The Balaban J connectivity index is 1.83. The molecular formula is C72H112ClN13O23. The van der Waals surface area contributed by atoms with Crippen LogP contribution in [0.25, 0.3) is 0 Å². The monoisotopic (exact) mass is 1560 g/mol. The molecule has 0 spiro atoms. The average molecular weight is 1560 g/mol. The number of cyclic esters (lactones) is 1. The number of rotatable bonds is 28. The van der Waals surface area contributed by atoms with E-state index in [4.69, 9.17) is 46.8 Å². The number of nitrogens with one attached hydrogen (secondary N) is 9. The minimum Gasteiger partial charge on any atom is -0.462 e. The van der Waals surface area contributed by atoms with E-state index in [1.165, 1.54) is 113 Å². The number of benzene rings is 1. The fourth-order valence-electron chi connectivity index (χ4n) is 12.2. The molecule has 36 nitrogen and oxygen atoms in total. The van der Waals surface area contributed by atoms with Crippen molar-refractivity contribution in [3.63, 3.8) is 0 Å². The first-order valence-corrected chi connectivity index (χ1v) is 36.5. The van der Waals surface area contributed by atoms with Crippen molar-refractivity contribution in [2.45, 2.75) is 224 Å². The van der Waals surface area contributed by atoms with Crippen molar-refractivity contribution in [3.8, 4) is 5.75 Å². The molecular weight excluding hydrogens is 1450 g/mol. The number of primary amides is 1. The van der Waals surface area contributed by atoms with Crippen LogP contribution in [0, 0.1) is 29.6 Å². The molecule has 37 heteroatoms. The molecule has 3 heterocycles. The van der Waals surface area contributed by atoms with Gasteiger partial charge < -0.3 is 118 Å². The molecule has 23 atom stereocenters. The lowest BCUT2D eigenvalue weighted by molar-refractivity contribution is -0.268. The summed E-state index contributed by atoms with van der Waals surface area (Å²) in [5, 5.41) is 74.5. The average Bonchev–Trinajstić information content (AvgIpc) is 0.796. The number of hydrogen-bond donors (Lipinski definition) is 16. The van der Waals surface area contributed by atoms with E-state index in [-0.39, 0.29) is 36.6 Å². The Bertz CT molecular complexity index is 3450. The van der Waals surface area contributed by atoms with Gasteiger partial charge in [-0.05, 0) is 89.8 Å². The number of carbonyl (C=O) groups excluding carboxylic acids is 13. The van der Waals surface area contributed by atoms with Crippen LogP contribution in [0.3, 0.4) is 0 Å². The molecule has 3 saturated heterocycles. The maximum atomic E-state index is 15.7. The Morgan fingerprint density at radius 2 is 1.46 bits per heavy atom. The number of aliphatic hydroxyl groups excluding tert-OH is 5. The zero-order valence-electron chi connectivity index (χ0n) is 64.4. The summed E-state index contributed by atoms with van der Waals surface area (Å²) in [6.07, 6.45) is -6.76. The smallest absolute Gasteiger partial charge is 0.329 e. The highest BCUT2D eigenvalue weighted by Crippen LogP contribution is 2.32. The number of piperidine rings is 1. The molecule has 3 aliphatic heterocycles. The van der Waals surface area contributed by atoms with E-state index in [1.807, 2.05) is 26.8 Å². The topological polar surface area (TPSA) is 536 Å². The summed E-state index contributed by atoms with van der Waals surface area (Å²) in [5.41, 5.74) is 12.7. The van der Waals surface area contributed by atoms with Gasteiger partial charge in [-0.3, -0.25) is 57.5 Å². The maximum Gasteiger partial charge on any atom is 0.329 e. The predicted octanol–water partition coefficient (Wildman–Crippen LogP) is -3.55. The lowest BCUT2D eigenvalue weighted by Crippen LogP contribution is -2.66. The van der Waals surface area contributed by atoms with E-state index in [9.17, 15) is 68.7 Å². The van der Waals surface area contributed by atoms with Crippen LogP contribution in [0.2, 0.25) is 0 Å². The SMILES string of the molecule is C/C=C(/NC(=O)CNC(=O)C(C)C(O)/C=C\C(C)=C\C(C)CC)C(=O)N[C@H](C(=O)N[C@H](C(=O)N[C@H]1C(=O)NC(COC)C(=O)NCC(=O)N[C@@H](C)C(=O)N(C)C([C@@H](C)O)C(=O)N[C@H](C(OC)c2ccc(O[C@@H]3O[C@@H](C)[C@H](O)[C@@H](O)[C@H]3O)cc2)C(=O)N2CC[C@H](Cl)C[C@H]2C(=O)OC1C(C)C)[C@@H](C)[C@@H](C)C(N)=O)[C@@H](C)N. The summed E-state index contributed by atoms with van der Waals surface area (Å²) < 4.78 is 29.0. The molecule has 7 unspecified atom stereocenters. The third kappa shape index (κ3) is 25.9. The number of methoxy groups -OCH3 is 2. The molecule has 0 aliphatic carbocycles. The van der Waals surface area contributed by atoms with Crippen LogP contribution < -0.4 is 64.1 Å². The molecule has 109 heavy (non-hydrogen) atoms. The number of hydrogen-bond acceptors (Lipinski definition) is 24. The van der Waals surface area contributed by atoms with Crippen LogP contribution in [-0.4, -0.2) is 268 Å². The normalized spacial score (nSPS) is 27.6. The summed E-state index contributed by atoms with van der Waals surface area (Å²) in [7, 11) is 3.46. The number of halogens is 1. The molecule has 0 radical (unpaired) electrons. The molecule has 0 bridgehead atoms. The van der Waals surface area contributed by atoms with Crippen LogP contribution in [0.1, 0.15) is 121 Å². The molecule has 3 aliphatic rings. The van der Waals surface area contributed by atoms with Crippen molar-refractivity contribution in [2.24, 2.45) is 41.1 Å². The number of fused-ring (bicyclic) bond motifs is 1. The first kappa shape index (κ1) is 92.7. The lowest BCUT2D eigenvalue weighted by Gasteiger charge is -2.41. The van der Waals surface area contributed by atoms with Crippen molar-refractivity contribution < 1.29 is 112 Å². The molecule has 1 aromatic carbocycles. The van der Waals surface area contributed by atoms with E-state index in [0.29, 0.717) is 0 Å². The van der Waals surface area contributed by atoms with Gasteiger partial charge in [0.2, 0.25) is 71.3 Å². The van der Waals surface area contributed by atoms with Crippen LogP contribution in [0.5, 0.6) is 5.75 Å². The van der Waals surface area contributed by atoms with Crippen LogP contribution in [0.15, 0.2) is 59.8 Å². The van der Waals surface area contributed by atoms with E-state index in [0.717, 1.165) is 36.0 Å². The number of likely N-dealkylation sites (N-methyl/N-ethyl adjacent to an activating group) is 1. The Hall–Kier alpha value is -8.72. The summed E-state index contributed by atoms with van der Waals surface area (Å²) >= 11 is 6.82. The largest absolute Gasteiger partial charge is 0.462 e. The number of nitrogens with two attached hydrogens (primary N) is 2. The van der Waals surface area contributed by atoms with Gasteiger partial charge in [0.05, 0.1) is 43.9 Å². The zero-order chi connectivity index (χ0) is 82.3. The van der Waals surface area contributed by atoms with Gasteiger partial charge in [0, 0.05) is 45.1 Å². The van der Waals surface area contributed by atoms with Crippen LogP contribution in [-0.2, 0) is 81.3 Å². The number of ether oxygens (including phenoxy) is 5. The third-order valence-corrected chi connectivity index (χ3v) is 19.7. The predicted molar refractivity (Wildman–Crippen MR) is 392 cm³/mol. The van der Waals surface area contributed by atoms with Gasteiger partial charge in [-0.15, -0.1) is 11.6 Å². The Morgan fingerprint density at radius 1 is 0.817 bits per heavy atom. The summed E-state index contributed by atoms with van der Waals surface area (Å²) in [4.78, 5) is 188. The van der Waals surface area contributed by atoms with E-state index in [1.54, 1.807) is 6.08 Å². The van der Waals surface area contributed by atoms with E-state index >= 15 is 19.2 Å². The van der Waals surface area contributed by atoms with Crippen LogP contribution in [0.4, 0.5) is 0 Å². The number of amides is 12. The zero-order valence-corrected chi connectivity index (χ0v) is 65.2. The standard InChI is InChI=1S/C72H112ClN13O23/c1-17-33(5)27-34(6)19-24-48(88)37(9)62(95)76-30-50(90)79-45(18-2)64(97)82-52(38(10)74)66(99)81-51(35(7)36(8)61(75)94)65(98)83-53-59(32(3)4)109-71(104)47-28-43(73)25-26-86(47)70(103)54(60(106-16)42-20-22-44(23-21-42)108-72-58(93)57(92)56(91)41(13)107-72)84-68(101)55(40(12)87)85(14)69(102)39(11)78-49(89)29-77-63(96)46(31-105-15)80-67(53)100/h18-24,27,32-33,35-41,43,46-48,51-60,72,87-88,91-93H,17,25-26,28-31,74H2,1-16H3,(H2,75,94)(H,76,95)(H,77,96)(H,78,89)(H,79,90)(H,80,100)(H,81,99)(H,82,97)(H,83,98)(H,84,101)/b24-19-,34-27+,45-18+/t33?,35-,36+,37?,38+,39-,40+,41-,43-,46?,47-,48?,51-,52-,53+,54+,55?,56-,57+,58+,59?,60?,72-/m0/s1. The van der Waals surface area contributed by atoms with Crippen molar-refractivity contribution in [1.29, 1.82) is 0 Å². The van der Waals surface area contributed by atoms with E-state index < -0.39 is 241 Å².